The van der Waals surface area contributed by atoms with E-state index in [-0.39, 0.29) is 29.9 Å². The summed E-state index contributed by atoms with van der Waals surface area (Å²) in [7, 11) is 1.80. The molecule has 0 atom stereocenters. The molecule has 6 heteroatoms. The second-order valence-electron chi connectivity index (χ2n) is 5.58. The lowest BCUT2D eigenvalue weighted by Gasteiger charge is -2.12. The number of carbonyl (C=O) groups is 1. The maximum absolute atomic E-state index is 11.1. The van der Waals surface area contributed by atoms with E-state index in [4.69, 9.17) is 4.74 Å². The average molecular weight is 427 g/mol. The summed E-state index contributed by atoms with van der Waals surface area (Å²) in [6, 6.07) is 0. The minimum absolute atomic E-state index is 0. The number of nitrogens with zero attached hydrogens (tertiary/aromatic N) is 1. The van der Waals surface area contributed by atoms with Crippen molar-refractivity contribution in [1.82, 2.24) is 10.6 Å². The zero-order valence-corrected chi connectivity index (χ0v) is 16.9. The van der Waals surface area contributed by atoms with Gasteiger partial charge in [-0.1, -0.05) is 26.7 Å². The van der Waals surface area contributed by atoms with Crippen LogP contribution < -0.4 is 10.6 Å². The van der Waals surface area contributed by atoms with Gasteiger partial charge in [0.1, 0.15) is 0 Å². The molecule has 0 fully saturated rings. The topological polar surface area (TPSA) is 62.7 Å². The third kappa shape index (κ3) is 15.9. The molecule has 0 saturated heterocycles. The molecule has 0 spiro atoms. The third-order valence-electron chi connectivity index (χ3n) is 3.14. The van der Waals surface area contributed by atoms with Gasteiger partial charge in [0.05, 0.1) is 6.61 Å². The van der Waals surface area contributed by atoms with Gasteiger partial charge in [0.25, 0.3) is 0 Å². The van der Waals surface area contributed by atoms with E-state index < -0.39 is 0 Å². The quantitative estimate of drug-likeness (QED) is 0.175. The maximum Gasteiger partial charge on any atom is 0.305 e. The van der Waals surface area contributed by atoms with Crippen LogP contribution in [0, 0.1) is 5.92 Å². The molecular formula is C16H34IN3O2. The van der Waals surface area contributed by atoms with Crippen molar-refractivity contribution in [3.05, 3.63) is 0 Å². The number of esters is 1. The molecule has 0 aromatic heterocycles. The summed E-state index contributed by atoms with van der Waals surface area (Å²) in [6.07, 6.45) is 5.89. The summed E-state index contributed by atoms with van der Waals surface area (Å²) in [4.78, 5) is 15.3. The Morgan fingerprint density at radius 1 is 1.09 bits per heavy atom. The zero-order chi connectivity index (χ0) is 15.9. The Bertz CT molecular complexity index is 297. The number of unbranched alkanes of at least 4 members (excludes halogenated alkanes) is 3. The van der Waals surface area contributed by atoms with Crippen LogP contribution in [0.15, 0.2) is 4.99 Å². The summed E-state index contributed by atoms with van der Waals surface area (Å²) < 4.78 is 4.89. The number of hydrogen-bond acceptors (Lipinski definition) is 3. The minimum atomic E-state index is -0.0784. The Kier molecular flexibility index (Phi) is 18.2. The Balaban J connectivity index is 0. The van der Waals surface area contributed by atoms with Gasteiger partial charge in [-0.25, -0.2) is 0 Å². The van der Waals surface area contributed by atoms with E-state index in [1.54, 1.807) is 7.05 Å². The molecule has 0 radical (unpaired) electrons. The Morgan fingerprint density at radius 2 is 1.73 bits per heavy atom. The number of nitrogens with one attached hydrogen (secondary N) is 2. The van der Waals surface area contributed by atoms with Crippen molar-refractivity contribution in [3.63, 3.8) is 0 Å². The van der Waals surface area contributed by atoms with Crippen molar-refractivity contribution in [2.45, 2.75) is 59.3 Å². The number of hydrogen-bond donors (Lipinski definition) is 2. The highest BCUT2D eigenvalue weighted by molar-refractivity contribution is 14.0. The Labute approximate surface area is 153 Å². The molecule has 0 aromatic carbocycles. The second kappa shape index (κ2) is 16.8. The first kappa shape index (κ1) is 23.7. The van der Waals surface area contributed by atoms with Gasteiger partial charge in [0.2, 0.25) is 0 Å². The van der Waals surface area contributed by atoms with Gasteiger partial charge >= 0.3 is 5.97 Å². The molecule has 0 amide bonds. The zero-order valence-electron chi connectivity index (χ0n) is 14.6. The third-order valence-corrected chi connectivity index (χ3v) is 3.14. The van der Waals surface area contributed by atoms with E-state index in [9.17, 15) is 4.79 Å². The SMILES string of the molecule is CCOC(=O)CCCCCCNC(=NC)NCCC(C)C.I. The van der Waals surface area contributed by atoms with Gasteiger partial charge in [0.15, 0.2) is 5.96 Å². The highest BCUT2D eigenvalue weighted by atomic mass is 127. The van der Waals surface area contributed by atoms with E-state index in [1.807, 2.05) is 6.92 Å². The fourth-order valence-electron chi connectivity index (χ4n) is 1.89. The predicted molar refractivity (Wildman–Crippen MR) is 104 cm³/mol. The molecule has 132 valence electrons. The van der Waals surface area contributed by atoms with Crippen molar-refractivity contribution < 1.29 is 9.53 Å². The predicted octanol–water partition coefficient (Wildman–Crippen LogP) is 3.33. The Morgan fingerprint density at radius 3 is 2.32 bits per heavy atom. The smallest absolute Gasteiger partial charge is 0.305 e. The monoisotopic (exact) mass is 427 g/mol. The number of carbonyl (C=O) groups excluding carboxylic acids is 1. The van der Waals surface area contributed by atoms with Crippen LogP contribution >= 0.6 is 24.0 Å². The lowest BCUT2D eigenvalue weighted by molar-refractivity contribution is -0.143. The molecular weight excluding hydrogens is 393 g/mol. The van der Waals surface area contributed by atoms with Gasteiger partial charge in [-0.3, -0.25) is 9.79 Å². The summed E-state index contributed by atoms with van der Waals surface area (Å²) in [5.74, 6) is 1.50. The minimum Gasteiger partial charge on any atom is -0.466 e. The van der Waals surface area contributed by atoms with E-state index in [0.29, 0.717) is 18.9 Å². The van der Waals surface area contributed by atoms with Crippen LogP contribution in [0.3, 0.4) is 0 Å². The number of aliphatic imine (C=N–C) groups is 1. The van der Waals surface area contributed by atoms with Crippen molar-refractivity contribution in [1.29, 1.82) is 0 Å². The molecule has 0 rings (SSSR count). The second-order valence-corrected chi connectivity index (χ2v) is 5.58. The molecule has 0 aromatic rings. The van der Waals surface area contributed by atoms with Crippen LogP contribution in [0.25, 0.3) is 0 Å². The van der Waals surface area contributed by atoms with E-state index in [1.165, 1.54) is 0 Å². The fraction of sp³-hybridized carbons (Fsp3) is 0.875. The number of ether oxygens (including phenoxy) is 1. The van der Waals surface area contributed by atoms with Crippen LogP contribution in [0.4, 0.5) is 0 Å². The molecule has 5 nitrogen and oxygen atoms in total. The van der Waals surface area contributed by atoms with Crippen LogP contribution in [-0.2, 0) is 9.53 Å². The molecule has 0 aliphatic heterocycles. The highest BCUT2D eigenvalue weighted by Gasteiger charge is 2.01. The first-order valence-electron chi connectivity index (χ1n) is 8.20. The van der Waals surface area contributed by atoms with Gasteiger partial charge in [-0.2, -0.15) is 0 Å². The van der Waals surface area contributed by atoms with E-state index in [2.05, 4.69) is 29.5 Å². The fourth-order valence-corrected chi connectivity index (χ4v) is 1.89. The summed E-state index contributed by atoms with van der Waals surface area (Å²) in [5, 5.41) is 6.62. The van der Waals surface area contributed by atoms with E-state index >= 15 is 0 Å². The maximum atomic E-state index is 11.1. The lowest BCUT2D eigenvalue weighted by atomic mass is 10.1. The molecule has 2 N–H and O–H groups in total. The molecule has 0 aliphatic carbocycles. The van der Waals surface area contributed by atoms with Gasteiger partial charge < -0.3 is 15.4 Å². The number of rotatable bonds is 11. The normalized spacial score (nSPS) is 11.0. The van der Waals surface area contributed by atoms with Crippen LogP contribution in [0.1, 0.15) is 59.3 Å². The first-order valence-corrected chi connectivity index (χ1v) is 8.20. The molecule has 0 unspecified atom stereocenters. The van der Waals surface area contributed by atoms with Crippen molar-refractivity contribution in [2.75, 3.05) is 26.7 Å². The van der Waals surface area contributed by atoms with Crippen LogP contribution in [0.5, 0.6) is 0 Å². The van der Waals surface area contributed by atoms with Crippen LogP contribution in [0.2, 0.25) is 0 Å². The van der Waals surface area contributed by atoms with Crippen molar-refractivity contribution in [2.24, 2.45) is 10.9 Å². The molecule has 22 heavy (non-hydrogen) atoms. The molecule has 0 saturated carbocycles. The standard InChI is InChI=1S/C16H33N3O2.HI/c1-5-21-15(20)10-8-6-7-9-12-18-16(17-4)19-13-11-14(2)3;/h14H,5-13H2,1-4H3,(H2,17,18,19);1H. The van der Waals surface area contributed by atoms with Crippen molar-refractivity contribution >= 4 is 35.9 Å². The average Bonchev–Trinajstić information content (AvgIpc) is 2.44. The van der Waals surface area contributed by atoms with Crippen molar-refractivity contribution in [3.8, 4) is 0 Å². The summed E-state index contributed by atoms with van der Waals surface area (Å²) >= 11 is 0. The highest BCUT2D eigenvalue weighted by Crippen LogP contribution is 2.03. The molecule has 0 aliphatic rings. The largest absolute Gasteiger partial charge is 0.466 e. The molecule has 0 heterocycles. The van der Waals surface area contributed by atoms with Gasteiger partial charge in [0, 0.05) is 26.6 Å². The van der Waals surface area contributed by atoms with Crippen LogP contribution in [-0.4, -0.2) is 38.7 Å². The summed E-state index contributed by atoms with van der Waals surface area (Å²) in [5.41, 5.74) is 0. The van der Waals surface area contributed by atoms with E-state index in [0.717, 1.165) is 51.2 Å². The lowest BCUT2D eigenvalue weighted by Crippen LogP contribution is -2.38. The number of guanidine groups is 1. The first-order chi connectivity index (χ1) is 10.1. The van der Waals surface area contributed by atoms with Gasteiger partial charge in [-0.15, -0.1) is 24.0 Å². The number of halogens is 1. The Hall–Kier alpha value is -0.530. The molecule has 0 bridgehead atoms. The summed E-state index contributed by atoms with van der Waals surface area (Å²) in [6.45, 7) is 8.62. The van der Waals surface area contributed by atoms with Gasteiger partial charge in [-0.05, 0) is 32.1 Å².